The number of aliphatic hydroxyl groups is 1. The highest BCUT2D eigenvalue weighted by Crippen LogP contribution is 2.40. The molecule has 0 aliphatic heterocycles. The molecule has 0 amide bonds. The lowest BCUT2D eigenvalue weighted by atomic mass is 9.85. The first-order valence-electron chi connectivity index (χ1n) is 12.3. The van der Waals surface area contributed by atoms with Crippen LogP contribution < -0.4 is 0 Å². The van der Waals surface area contributed by atoms with Crippen molar-refractivity contribution in [2.45, 2.75) is 111 Å². The first kappa shape index (κ1) is 33.2. The summed E-state index contributed by atoms with van der Waals surface area (Å²) in [4.78, 5) is 37.1. The first-order chi connectivity index (χ1) is 15.7. The topological polar surface area (TPSA) is 99.1 Å². The molecule has 0 fully saturated rings. The van der Waals surface area contributed by atoms with Gasteiger partial charge in [0.2, 0.25) is 0 Å². The molecule has 0 aliphatic rings. The average Bonchev–Trinajstić information content (AvgIpc) is 2.72. The summed E-state index contributed by atoms with van der Waals surface area (Å²) in [6.45, 7) is 27.5. The van der Waals surface area contributed by atoms with Crippen molar-refractivity contribution in [3.63, 3.8) is 0 Å². The highest BCUT2D eigenvalue weighted by atomic mass is 28.4. The van der Waals surface area contributed by atoms with E-state index in [1.165, 1.54) is 26.0 Å². The molecule has 0 spiro atoms. The van der Waals surface area contributed by atoms with Gasteiger partial charge in [-0.15, -0.1) is 6.58 Å². The molecule has 202 valence electrons. The Labute approximate surface area is 213 Å². The second kappa shape index (κ2) is 13.0. The van der Waals surface area contributed by atoms with E-state index in [-0.39, 0.29) is 22.7 Å². The number of esters is 2. The number of carbonyl (C=O) groups excluding carboxylic acids is 3. The van der Waals surface area contributed by atoms with Gasteiger partial charge in [0.15, 0.2) is 20.2 Å². The molecule has 0 aromatic rings. The zero-order valence-corrected chi connectivity index (χ0v) is 24.6. The molecule has 35 heavy (non-hydrogen) atoms. The summed E-state index contributed by atoms with van der Waals surface area (Å²) in [7, 11) is -2.30. The van der Waals surface area contributed by atoms with Crippen LogP contribution in [0.5, 0.6) is 0 Å². The van der Waals surface area contributed by atoms with Crippen molar-refractivity contribution >= 4 is 26.0 Å². The quantitative estimate of drug-likeness (QED) is 0.147. The second-order valence-electron chi connectivity index (χ2n) is 11.5. The lowest BCUT2D eigenvalue weighted by Crippen LogP contribution is -2.52. The van der Waals surface area contributed by atoms with Crippen molar-refractivity contribution in [1.29, 1.82) is 0 Å². The molecule has 0 unspecified atom stereocenters. The van der Waals surface area contributed by atoms with Gasteiger partial charge < -0.3 is 19.0 Å². The Bertz CT molecular complexity index is 766. The molecule has 0 bridgehead atoms. The Morgan fingerprint density at radius 1 is 1.00 bits per heavy atom. The molecule has 1 N–H and O–H groups in total. The van der Waals surface area contributed by atoms with E-state index in [2.05, 4.69) is 47.0 Å². The summed E-state index contributed by atoms with van der Waals surface area (Å²) < 4.78 is 17.7. The Hall–Kier alpha value is -1.77. The third kappa shape index (κ3) is 9.65. The average molecular weight is 513 g/mol. The monoisotopic (exact) mass is 512 g/mol. The van der Waals surface area contributed by atoms with Crippen LogP contribution in [0.3, 0.4) is 0 Å². The van der Waals surface area contributed by atoms with Crippen LogP contribution >= 0.6 is 0 Å². The van der Waals surface area contributed by atoms with E-state index < -0.39 is 50.1 Å². The summed E-state index contributed by atoms with van der Waals surface area (Å²) in [6.07, 6.45) is 0.492. The molecule has 7 nitrogen and oxygen atoms in total. The molecular weight excluding hydrogens is 464 g/mol. The van der Waals surface area contributed by atoms with Crippen molar-refractivity contribution in [2.75, 3.05) is 0 Å². The molecule has 0 heterocycles. The fraction of sp³-hybridized carbons (Fsp3) is 0.741. The molecule has 0 aliphatic carbocycles. The third-order valence-corrected chi connectivity index (χ3v) is 11.6. The zero-order chi connectivity index (χ0) is 27.9. The lowest BCUT2D eigenvalue weighted by Gasteiger charge is -2.43. The van der Waals surface area contributed by atoms with Gasteiger partial charge >= 0.3 is 11.9 Å². The van der Waals surface area contributed by atoms with Gasteiger partial charge in [-0.05, 0) is 57.3 Å². The highest BCUT2D eigenvalue weighted by molar-refractivity contribution is 6.74. The minimum Gasteiger partial charge on any atom is -0.459 e. The van der Waals surface area contributed by atoms with E-state index in [9.17, 15) is 19.5 Å². The van der Waals surface area contributed by atoms with E-state index >= 15 is 0 Å². The van der Waals surface area contributed by atoms with Crippen molar-refractivity contribution in [1.82, 2.24) is 0 Å². The third-order valence-electron chi connectivity index (χ3n) is 7.09. The number of hydrogen-bond acceptors (Lipinski definition) is 7. The first-order valence-corrected chi connectivity index (χ1v) is 15.2. The van der Waals surface area contributed by atoms with Crippen LogP contribution in [0.25, 0.3) is 0 Å². The lowest BCUT2D eigenvalue weighted by molar-refractivity contribution is -0.186. The van der Waals surface area contributed by atoms with Gasteiger partial charge in [0.25, 0.3) is 0 Å². The smallest absolute Gasteiger partial charge is 0.311 e. The van der Waals surface area contributed by atoms with E-state index in [0.717, 1.165) is 0 Å². The minimum atomic E-state index is -2.30. The predicted molar refractivity (Wildman–Crippen MR) is 141 cm³/mol. The van der Waals surface area contributed by atoms with Gasteiger partial charge in [-0.2, -0.15) is 0 Å². The summed E-state index contributed by atoms with van der Waals surface area (Å²) in [5, 5.41) is 10.7. The Balaban J connectivity index is 6.12. The van der Waals surface area contributed by atoms with E-state index in [1.807, 2.05) is 13.8 Å². The number of ketones is 1. The van der Waals surface area contributed by atoms with E-state index in [0.29, 0.717) is 6.42 Å². The molecular formula is C27H48O7Si. The molecule has 0 saturated carbocycles. The van der Waals surface area contributed by atoms with Crippen LogP contribution in [0.1, 0.15) is 68.7 Å². The molecule has 7 atom stereocenters. The molecule has 0 rings (SSSR count). The fourth-order valence-corrected chi connectivity index (χ4v) is 5.20. The summed E-state index contributed by atoms with van der Waals surface area (Å²) >= 11 is 0. The number of rotatable bonds is 14. The van der Waals surface area contributed by atoms with E-state index in [4.69, 9.17) is 13.9 Å². The Kier molecular flexibility index (Phi) is 12.3. The number of hydrogen-bond donors (Lipinski definition) is 1. The van der Waals surface area contributed by atoms with Crippen LogP contribution in [-0.2, 0) is 28.3 Å². The van der Waals surface area contributed by atoms with Gasteiger partial charge in [0.1, 0.15) is 11.7 Å². The molecule has 0 saturated heterocycles. The van der Waals surface area contributed by atoms with Gasteiger partial charge in [-0.25, -0.2) is 0 Å². The van der Waals surface area contributed by atoms with Crippen molar-refractivity contribution < 1.29 is 33.4 Å². The minimum absolute atomic E-state index is 0.0598. The number of carbonyl (C=O) groups is 3. The number of ether oxygens (including phenoxy) is 2. The van der Waals surface area contributed by atoms with Crippen molar-refractivity contribution in [3.8, 4) is 0 Å². The van der Waals surface area contributed by atoms with Gasteiger partial charge in [0, 0.05) is 12.8 Å². The van der Waals surface area contributed by atoms with Crippen molar-refractivity contribution in [3.05, 3.63) is 25.3 Å². The van der Waals surface area contributed by atoms with Crippen LogP contribution in [-0.4, -0.2) is 55.1 Å². The maximum atomic E-state index is 13.4. The Morgan fingerprint density at radius 3 is 1.91 bits per heavy atom. The molecule has 0 aromatic heterocycles. The van der Waals surface area contributed by atoms with Crippen LogP contribution in [0, 0.1) is 17.8 Å². The standard InChI is InChI=1S/C27H48O7Si/c1-14-22(29)17(3)16-18(4)23(34-35(12,13)26(8,9)10)19(5)25(30)33-24(27(11,31)15-2)20(6)32-21(7)28/h14-15,17-20,23-24,31H,1-2,16H2,3-13H3/t17-,18+,19-,20-,23+,24-,27+/m1/s1. The largest absolute Gasteiger partial charge is 0.459 e. The fourth-order valence-electron chi connectivity index (χ4n) is 3.73. The summed E-state index contributed by atoms with van der Waals surface area (Å²) in [5.74, 6) is -2.33. The molecule has 0 aromatic carbocycles. The van der Waals surface area contributed by atoms with Gasteiger partial charge in [-0.1, -0.05) is 47.3 Å². The SMILES string of the molecule is C=CC(=O)[C@H](C)C[C@H](C)[C@H](O[Si](C)(C)C(C)(C)C)[C@@H](C)C(=O)O[C@H]([C@@H](C)OC(C)=O)[C@@](C)(O)C=C. The normalized spacial score (nSPS) is 19.2. The Morgan fingerprint density at radius 2 is 1.51 bits per heavy atom. The van der Waals surface area contributed by atoms with Crippen LogP contribution in [0.15, 0.2) is 25.3 Å². The summed E-state index contributed by atoms with van der Waals surface area (Å²) in [5.41, 5.74) is -1.63. The van der Waals surface area contributed by atoms with Crippen LogP contribution in [0.2, 0.25) is 18.1 Å². The van der Waals surface area contributed by atoms with Gasteiger partial charge in [-0.3, -0.25) is 14.4 Å². The maximum absolute atomic E-state index is 13.4. The zero-order valence-electron chi connectivity index (χ0n) is 23.6. The summed E-state index contributed by atoms with van der Waals surface area (Å²) in [6, 6.07) is 0. The number of allylic oxidation sites excluding steroid dienone is 1. The highest BCUT2D eigenvalue weighted by Gasteiger charge is 2.45. The second-order valence-corrected chi connectivity index (χ2v) is 16.2. The predicted octanol–water partition coefficient (Wildman–Crippen LogP) is 5.23. The van der Waals surface area contributed by atoms with Crippen LogP contribution in [0.4, 0.5) is 0 Å². The maximum Gasteiger partial charge on any atom is 0.311 e. The molecule has 0 radical (unpaired) electrons. The van der Waals surface area contributed by atoms with Gasteiger partial charge in [0.05, 0.1) is 12.0 Å². The molecule has 8 heteroatoms. The van der Waals surface area contributed by atoms with E-state index in [1.54, 1.807) is 13.8 Å². The van der Waals surface area contributed by atoms with Crippen molar-refractivity contribution in [2.24, 2.45) is 17.8 Å².